The maximum atomic E-state index is 6.19. The maximum absolute atomic E-state index is 6.19. The molecule has 2 aromatic rings. The lowest BCUT2D eigenvalue weighted by molar-refractivity contribution is 0.408. The molecule has 96 valence electrons. The summed E-state index contributed by atoms with van der Waals surface area (Å²) in [6.45, 7) is 0. The third kappa shape index (κ3) is 2.96. The number of halogens is 2. The van der Waals surface area contributed by atoms with Crippen LogP contribution in [0.5, 0.6) is 5.75 Å². The third-order valence-electron chi connectivity index (χ3n) is 2.73. The van der Waals surface area contributed by atoms with Crippen molar-refractivity contribution in [2.75, 3.05) is 7.11 Å². The molecule has 1 heterocycles. The molecule has 2 rings (SSSR count). The Balaban J connectivity index is 2.23. The van der Waals surface area contributed by atoms with E-state index < -0.39 is 0 Å². The van der Waals surface area contributed by atoms with Crippen LogP contribution in [0.3, 0.4) is 0 Å². The molecule has 18 heavy (non-hydrogen) atoms. The van der Waals surface area contributed by atoms with E-state index >= 15 is 0 Å². The Morgan fingerprint density at radius 1 is 1.33 bits per heavy atom. The molecule has 0 radical (unpaired) electrons. The highest BCUT2D eigenvalue weighted by Gasteiger charge is 2.15. The van der Waals surface area contributed by atoms with E-state index in [0.717, 1.165) is 21.3 Å². The lowest BCUT2D eigenvalue weighted by atomic mass is 10.0. The summed E-state index contributed by atoms with van der Waals surface area (Å²) in [6.07, 6.45) is 2.30. The van der Waals surface area contributed by atoms with Gasteiger partial charge in [-0.15, -0.1) is 0 Å². The Morgan fingerprint density at radius 3 is 2.72 bits per heavy atom. The van der Waals surface area contributed by atoms with Crippen molar-refractivity contribution in [3.63, 3.8) is 0 Å². The largest absolute Gasteiger partial charge is 0.496 e. The van der Waals surface area contributed by atoms with E-state index in [1.54, 1.807) is 13.4 Å². The predicted octanol–water partition coefficient (Wildman–Crippen LogP) is 4.06. The first-order chi connectivity index (χ1) is 8.61. The van der Waals surface area contributed by atoms with Gasteiger partial charge in [0.25, 0.3) is 0 Å². The molecule has 3 nitrogen and oxygen atoms in total. The standard InChI is InChI=1S/C13H13Br2NO2/c1-17-12-3-2-9(14)6-8(12)7-11(16)10-4-5-18-13(10)15/h2-6,11H,7,16H2,1H3. The van der Waals surface area contributed by atoms with Gasteiger partial charge in [-0.25, -0.2) is 0 Å². The predicted molar refractivity (Wildman–Crippen MR) is 77.7 cm³/mol. The Labute approximate surface area is 123 Å². The molecule has 5 heteroatoms. The Hall–Kier alpha value is -0.780. The average Bonchev–Trinajstić information content (AvgIpc) is 2.76. The van der Waals surface area contributed by atoms with Crippen LogP contribution in [0.4, 0.5) is 0 Å². The average molecular weight is 375 g/mol. The van der Waals surface area contributed by atoms with Crippen LogP contribution in [0.2, 0.25) is 0 Å². The van der Waals surface area contributed by atoms with Crippen molar-refractivity contribution in [1.29, 1.82) is 0 Å². The Bertz CT molecular complexity index is 540. The van der Waals surface area contributed by atoms with Crippen molar-refractivity contribution in [3.05, 3.63) is 50.8 Å². The Morgan fingerprint density at radius 2 is 2.11 bits per heavy atom. The van der Waals surface area contributed by atoms with Crippen molar-refractivity contribution >= 4 is 31.9 Å². The molecule has 0 spiro atoms. The van der Waals surface area contributed by atoms with E-state index in [2.05, 4.69) is 31.9 Å². The van der Waals surface area contributed by atoms with Crippen molar-refractivity contribution < 1.29 is 9.15 Å². The van der Waals surface area contributed by atoms with Crippen LogP contribution < -0.4 is 10.5 Å². The Kier molecular flexibility index (Phi) is 4.48. The normalized spacial score (nSPS) is 12.4. The van der Waals surface area contributed by atoms with Gasteiger partial charge in [0.2, 0.25) is 0 Å². The molecule has 0 aliphatic heterocycles. The third-order valence-corrected chi connectivity index (χ3v) is 3.87. The monoisotopic (exact) mass is 373 g/mol. The second-order valence-electron chi connectivity index (χ2n) is 3.92. The van der Waals surface area contributed by atoms with E-state index in [4.69, 9.17) is 14.9 Å². The summed E-state index contributed by atoms with van der Waals surface area (Å²) >= 11 is 6.80. The first-order valence-corrected chi connectivity index (χ1v) is 7.01. The summed E-state index contributed by atoms with van der Waals surface area (Å²) < 4.78 is 12.2. The van der Waals surface area contributed by atoms with Crippen LogP contribution in [-0.2, 0) is 6.42 Å². The summed E-state index contributed by atoms with van der Waals surface area (Å²) in [5.41, 5.74) is 8.20. The number of furan rings is 1. The van der Waals surface area contributed by atoms with Gasteiger partial charge >= 0.3 is 0 Å². The summed E-state index contributed by atoms with van der Waals surface area (Å²) in [7, 11) is 1.66. The number of rotatable bonds is 4. The van der Waals surface area contributed by atoms with Crippen molar-refractivity contribution in [3.8, 4) is 5.75 Å². The van der Waals surface area contributed by atoms with E-state index in [9.17, 15) is 0 Å². The molecule has 0 fully saturated rings. The molecule has 1 unspecified atom stereocenters. The fourth-order valence-electron chi connectivity index (χ4n) is 1.82. The molecule has 1 aromatic heterocycles. The van der Waals surface area contributed by atoms with Crippen molar-refractivity contribution in [2.45, 2.75) is 12.5 Å². The van der Waals surface area contributed by atoms with Crippen LogP contribution in [0.15, 0.2) is 44.1 Å². The van der Waals surface area contributed by atoms with E-state index in [1.165, 1.54) is 0 Å². The fraction of sp³-hybridized carbons (Fsp3) is 0.231. The number of methoxy groups -OCH3 is 1. The summed E-state index contributed by atoms with van der Waals surface area (Å²) in [4.78, 5) is 0. The van der Waals surface area contributed by atoms with E-state index in [1.807, 2.05) is 24.3 Å². The van der Waals surface area contributed by atoms with E-state index in [-0.39, 0.29) is 6.04 Å². The minimum atomic E-state index is -0.138. The highest BCUT2D eigenvalue weighted by molar-refractivity contribution is 9.10. The molecule has 0 aliphatic rings. The van der Waals surface area contributed by atoms with Crippen LogP contribution in [-0.4, -0.2) is 7.11 Å². The van der Waals surface area contributed by atoms with Crippen molar-refractivity contribution in [1.82, 2.24) is 0 Å². The second-order valence-corrected chi connectivity index (χ2v) is 5.55. The van der Waals surface area contributed by atoms with Gasteiger partial charge in [-0.1, -0.05) is 15.9 Å². The lowest BCUT2D eigenvalue weighted by Crippen LogP contribution is -2.13. The number of nitrogens with two attached hydrogens (primary N) is 1. The summed E-state index contributed by atoms with van der Waals surface area (Å²) in [5, 5.41) is 0. The number of hydrogen-bond acceptors (Lipinski definition) is 3. The zero-order valence-electron chi connectivity index (χ0n) is 9.82. The molecular formula is C13H13Br2NO2. The molecule has 0 bridgehead atoms. The van der Waals surface area contributed by atoms with Gasteiger partial charge in [-0.2, -0.15) is 0 Å². The lowest BCUT2D eigenvalue weighted by Gasteiger charge is -2.14. The van der Waals surface area contributed by atoms with Crippen LogP contribution in [0.1, 0.15) is 17.2 Å². The zero-order chi connectivity index (χ0) is 13.1. The highest BCUT2D eigenvalue weighted by Crippen LogP contribution is 2.30. The highest BCUT2D eigenvalue weighted by atomic mass is 79.9. The first kappa shape index (κ1) is 13.6. The van der Waals surface area contributed by atoms with Crippen LogP contribution in [0, 0.1) is 0 Å². The number of hydrogen-bond donors (Lipinski definition) is 1. The molecule has 0 saturated heterocycles. The molecule has 2 N–H and O–H groups in total. The van der Waals surface area contributed by atoms with Crippen molar-refractivity contribution in [2.24, 2.45) is 5.73 Å². The van der Waals surface area contributed by atoms with E-state index in [0.29, 0.717) is 11.1 Å². The topological polar surface area (TPSA) is 48.4 Å². The molecule has 1 atom stereocenters. The van der Waals surface area contributed by atoms with Gasteiger partial charge in [0, 0.05) is 16.1 Å². The van der Waals surface area contributed by atoms with Gasteiger partial charge in [0.05, 0.1) is 13.4 Å². The smallest absolute Gasteiger partial charge is 0.173 e. The minimum Gasteiger partial charge on any atom is -0.496 e. The van der Waals surface area contributed by atoms with Gasteiger partial charge in [0.15, 0.2) is 4.67 Å². The first-order valence-electron chi connectivity index (χ1n) is 5.42. The molecule has 0 amide bonds. The fourth-order valence-corrected chi connectivity index (χ4v) is 2.77. The summed E-state index contributed by atoms with van der Waals surface area (Å²) in [5.74, 6) is 0.841. The van der Waals surface area contributed by atoms with Crippen LogP contribution in [0.25, 0.3) is 0 Å². The molecule has 0 aliphatic carbocycles. The van der Waals surface area contributed by atoms with Gasteiger partial charge in [0.1, 0.15) is 5.75 Å². The summed E-state index contributed by atoms with van der Waals surface area (Å²) in [6, 6.07) is 7.63. The zero-order valence-corrected chi connectivity index (χ0v) is 13.0. The second kappa shape index (κ2) is 5.91. The number of benzene rings is 1. The quantitative estimate of drug-likeness (QED) is 0.877. The van der Waals surface area contributed by atoms with Gasteiger partial charge in [-0.3, -0.25) is 0 Å². The maximum Gasteiger partial charge on any atom is 0.173 e. The molecule has 1 aromatic carbocycles. The molecule has 0 saturated carbocycles. The van der Waals surface area contributed by atoms with Gasteiger partial charge < -0.3 is 14.9 Å². The SMILES string of the molecule is COc1ccc(Br)cc1CC(N)c1ccoc1Br. The minimum absolute atomic E-state index is 0.138. The van der Waals surface area contributed by atoms with Gasteiger partial charge in [-0.05, 0) is 52.2 Å². The molecular weight excluding hydrogens is 362 g/mol. The van der Waals surface area contributed by atoms with Crippen LogP contribution >= 0.6 is 31.9 Å². The number of ether oxygens (including phenoxy) is 1.